The fourth-order valence-corrected chi connectivity index (χ4v) is 3.95. The van der Waals surface area contributed by atoms with Crippen molar-refractivity contribution < 1.29 is 18.7 Å². The normalized spacial score (nSPS) is 19.4. The van der Waals surface area contributed by atoms with E-state index in [-0.39, 0.29) is 27.9 Å². The van der Waals surface area contributed by atoms with Gasteiger partial charge in [0, 0.05) is 37.3 Å². The molecule has 168 valence electrons. The first-order chi connectivity index (χ1) is 14.1. The summed E-state index contributed by atoms with van der Waals surface area (Å²) in [5, 5.41) is 6.44. The molecule has 0 unspecified atom stereocenters. The molecule has 1 saturated carbocycles. The second-order valence-corrected chi connectivity index (χ2v) is 9.10. The number of nitrogens with one attached hydrogen (secondary N) is 2. The Labute approximate surface area is 183 Å². The molecule has 1 fully saturated rings. The van der Waals surface area contributed by atoms with Gasteiger partial charge in [0.2, 0.25) is 5.91 Å². The molecule has 30 heavy (non-hydrogen) atoms. The summed E-state index contributed by atoms with van der Waals surface area (Å²) in [5.74, 6) is -0.427. The van der Waals surface area contributed by atoms with E-state index in [9.17, 15) is 14.0 Å². The monoisotopic (exact) mass is 441 g/mol. The Bertz CT molecular complexity index is 716. The summed E-state index contributed by atoms with van der Waals surface area (Å²) in [6, 6.07) is 4.11. The third kappa shape index (κ3) is 7.22. The maximum absolute atomic E-state index is 13.4. The summed E-state index contributed by atoms with van der Waals surface area (Å²) in [7, 11) is 3.43. The zero-order valence-corrected chi connectivity index (χ0v) is 19.0. The van der Waals surface area contributed by atoms with Crippen molar-refractivity contribution in [2.75, 3.05) is 33.9 Å². The van der Waals surface area contributed by atoms with Crippen LogP contribution in [0.15, 0.2) is 18.2 Å². The minimum Gasteiger partial charge on any atom is -0.382 e. The van der Waals surface area contributed by atoms with Crippen molar-refractivity contribution in [2.45, 2.75) is 51.1 Å². The van der Waals surface area contributed by atoms with Crippen molar-refractivity contribution in [3.63, 3.8) is 0 Å². The third-order valence-electron chi connectivity index (χ3n) is 5.84. The van der Waals surface area contributed by atoms with Gasteiger partial charge in [0.25, 0.3) is 5.91 Å². The molecule has 0 atom stereocenters. The Hall–Kier alpha value is -1.70. The summed E-state index contributed by atoms with van der Waals surface area (Å²) in [6.45, 7) is 5.29. The van der Waals surface area contributed by atoms with Crippen LogP contribution in [0, 0.1) is 11.7 Å². The minimum absolute atomic E-state index is 0.0418. The fraction of sp³-hybridized carbons (Fsp3) is 0.636. The molecule has 1 aromatic carbocycles. The lowest BCUT2D eigenvalue weighted by atomic mass is 9.86. The predicted molar refractivity (Wildman–Crippen MR) is 116 cm³/mol. The van der Waals surface area contributed by atoms with E-state index in [0.717, 1.165) is 25.7 Å². The Balaban J connectivity index is 1.71. The Morgan fingerprint density at radius 3 is 2.50 bits per heavy atom. The maximum Gasteiger partial charge on any atom is 0.251 e. The molecule has 0 heterocycles. The number of rotatable bonds is 9. The summed E-state index contributed by atoms with van der Waals surface area (Å²) >= 11 is 5.81. The quantitative estimate of drug-likeness (QED) is 0.617. The molecule has 2 N–H and O–H groups in total. The molecule has 8 heteroatoms. The van der Waals surface area contributed by atoms with E-state index in [4.69, 9.17) is 16.3 Å². The summed E-state index contributed by atoms with van der Waals surface area (Å²) in [6.07, 6.45) is 3.82. The van der Waals surface area contributed by atoms with Crippen molar-refractivity contribution in [1.29, 1.82) is 0 Å². The highest BCUT2D eigenvalue weighted by atomic mass is 35.5. The number of carbonyl (C=O) groups excluding carboxylic acids is 2. The largest absolute Gasteiger partial charge is 0.382 e. The van der Waals surface area contributed by atoms with Crippen LogP contribution in [0.1, 0.15) is 49.9 Å². The van der Waals surface area contributed by atoms with Gasteiger partial charge in [-0.25, -0.2) is 4.39 Å². The van der Waals surface area contributed by atoms with Gasteiger partial charge in [-0.05, 0) is 63.6 Å². The number of hydrogen-bond donors (Lipinski definition) is 2. The smallest absolute Gasteiger partial charge is 0.251 e. The van der Waals surface area contributed by atoms with Gasteiger partial charge in [0.15, 0.2) is 0 Å². The molecule has 0 saturated heterocycles. The highest BCUT2D eigenvalue weighted by molar-refractivity contribution is 6.31. The zero-order valence-electron chi connectivity index (χ0n) is 18.3. The number of carbonyl (C=O) groups is 2. The lowest BCUT2D eigenvalue weighted by Crippen LogP contribution is -2.51. The van der Waals surface area contributed by atoms with E-state index < -0.39 is 5.82 Å². The molecule has 0 aromatic heterocycles. The molecular formula is C22H33ClFN3O3. The van der Waals surface area contributed by atoms with E-state index in [1.165, 1.54) is 18.2 Å². The molecular weight excluding hydrogens is 409 g/mol. The van der Waals surface area contributed by atoms with Gasteiger partial charge >= 0.3 is 0 Å². The number of benzene rings is 1. The Morgan fingerprint density at radius 1 is 1.23 bits per heavy atom. The predicted octanol–water partition coefficient (Wildman–Crippen LogP) is 3.24. The van der Waals surface area contributed by atoms with Crippen molar-refractivity contribution in [3.05, 3.63) is 34.6 Å². The fourth-order valence-electron chi connectivity index (χ4n) is 3.73. The van der Waals surface area contributed by atoms with Gasteiger partial charge in [-0.15, -0.1) is 0 Å². The van der Waals surface area contributed by atoms with E-state index >= 15 is 0 Å². The average molecular weight is 442 g/mol. The standard InChI is InChI=1S/C22H33ClFN3O3/c1-22(2,14-30-4)27(3)20(28)13-25-19-7-5-15(6-8-19)12-26-21(29)16-9-17(23)11-18(24)10-16/h9-11,15,19,25H,5-8,12-14H2,1-4H3,(H,26,29). The van der Waals surface area contributed by atoms with Gasteiger partial charge in [-0.2, -0.15) is 0 Å². The minimum atomic E-state index is -0.523. The second-order valence-electron chi connectivity index (χ2n) is 8.66. The van der Waals surface area contributed by atoms with Crippen LogP contribution >= 0.6 is 11.6 Å². The lowest BCUT2D eigenvalue weighted by Gasteiger charge is -2.36. The second kappa shape index (κ2) is 11.1. The van der Waals surface area contributed by atoms with Crippen LogP contribution in [0.3, 0.4) is 0 Å². The van der Waals surface area contributed by atoms with Gasteiger partial charge < -0.3 is 20.3 Å². The molecule has 0 radical (unpaired) electrons. The topological polar surface area (TPSA) is 70.7 Å². The number of ether oxygens (including phenoxy) is 1. The van der Waals surface area contributed by atoms with E-state index in [2.05, 4.69) is 10.6 Å². The van der Waals surface area contributed by atoms with Crippen molar-refractivity contribution in [3.8, 4) is 0 Å². The van der Waals surface area contributed by atoms with Crippen LogP contribution in [0.2, 0.25) is 5.02 Å². The van der Waals surface area contributed by atoms with E-state index in [0.29, 0.717) is 31.7 Å². The number of amides is 2. The maximum atomic E-state index is 13.4. The van der Waals surface area contributed by atoms with Crippen LogP contribution in [-0.2, 0) is 9.53 Å². The summed E-state index contributed by atoms with van der Waals surface area (Å²) in [4.78, 5) is 26.4. The molecule has 6 nitrogen and oxygen atoms in total. The molecule has 0 spiro atoms. The molecule has 2 rings (SSSR count). The number of nitrogens with zero attached hydrogens (tertiary/aromatic N) is 1. The summed E-state index contributed by atoms with van der Waals surface area (Å²) in [5.41, 5.74) is -0.121. The first-order valence-corrected chi connectivity index (χ1v) is 10.7. The first kappa shape index (κ1) is 24.6. The number of halogens is 2. The zero-order chi connectivity index (χ0) is 22.3. The van der Waals surface area contributed by atoms with Crippen molar-refractivity contribution >= 4 is 23.4 Å². The van der Waals surface area contributed by atoms with Crippen molar-refractivity contribution in [2.24, 2.45) is 5.92 Å². The third-order valence-corrected chi connectivity index (χ3v) is 6.06. The Kier molecular flexibility index (Phi) is 9.07. The average Bonchev–Trinajstić information content (AvgIpc) is 2.69. The molecule has 0 aliphatic heterocycles. The highest BCUT2D eigenvalue weighted by Gasteiger charge is 2.28. The van der Waals surface area contributed by atoms with Crippen LogP contribution in [0.5, 0.6) is 0 Å². The van der Waals surface area contributed by atoms with Gasteiger partial charge in [-0.3, -0.25) is 9.59 Å². The molecule has 2 amide bonds. The van der Waals surface area contributed by atoms with E-state index in [1.54, 1.807) is 19.1 Å². The van der Waals surface area contributed by atoms with Crippen LogP contribution in [0.25, 0.3) is 0 Å². The van der Waals surface area contributed by atoms with Gasteiger partial charge in [0.05, 0.1) is 18.7 Å². The molecule has 1 aliphatic rings. The number of likely N-dealkylation sites (N-methyl/N-ethyl adjacent to an activating group) is 1. The van der Waals surface area contributed by atoms with Crippen LogP contribution in [0.4, 0.5) is 4.39 Å². The number of hydrogen-bond acceptors (Lipinski definition) is 4. The molecule has 0 bridgehead atoms. The SMILES string of the molecule is COCC(C)(C)N(C)C(=O)CNC1CCC(CNC(=O)c2cc(F)cc(Cl)c2)CC1. The van der Waals surface area contributed by atoms with Crippen LogP contribution in [-0.4, -0.2) is 62.1 Å². The Morgan fingerprint density at radius 2 is 1.90 bits per heavy atom. The molecule has 1 aliphatic carbocycles. The number of methoxy groups -OCH3 is 1. The molecule has 1 aromatic rings. The van der Waals surface area contributed by atoms with E-state index in [1.807, 2.05) is 13.8 Å². The lowest BCUT2D eigenvalue weighted by molar-refractivity contribution is -0.135. The summed E-state index contributed by atoms with van der Waals surface area (Å²) < 4.78 is 18.6. The van der Waals surface area contributed by atoms with Gasteiger partial charge in [-0.1, -0.05) is 11.6 Å². The van der Waals surface area contributed by atoms with Crippen molar-refractivity contribution in [1.82, 2.24) is 15.5 Å². The van der Waals surface area contributed by atoms with Gasteiger partial charge in [0.1, 0.15) is 5.82 Å². The highest BCUT2D eigenvalue weighted by Crippen LogP contribution is 2.24. The first-order valence-electron chi connectivity index (χ1n) is 10.4. The van der Waals surface area contributed by atoms with Crippen LogP contribution < -0.4 is 10.6 Å².